The lowest BCUT2D eigenvalue weighted by atomic mass is 9.43. The van der Waals surface area contributed by atoms with Gasteiger partial charge in [-0.25, -0.2) is 0 Å². The third-order valence-corrected chi connectivity index (χ3v) is 12.9. The quantitative estimate of drug-likeness (QED) is 0.122. The van der Waals surface area contributed by atoms with Crippen molar-refractivity contribution >= 4 is 5.97 Å². The molecule has 0 heterocycles. The van der Waals surface area contributed by atoms with Gasteiger partial charge in [-0.3, -0.25) is 4.79 Å². The number of hydrogen-bond donors (Lipinski definition) is 5. The van der Waals surface area contributed by atoms with Gasteiger partial charge in [0.1, 0.15) is 0 Å². The molecular weight excluding hydrogens is 524 g/mol. The summed E-state index contributed by atoms with van der Waals surface area (Å²) < 4.78 is 4.93. The van der Waals surface area contributed by atoms with Gasteiger partial charge in [-0.2, -0.15) is 0 Å². The Morgan fingerprint density at radius 3 is 2.26 bits per heavy atom. The van der Waals surface area contributed by atoms with Crippen LogP contribution in [0.25, 0.3) is 0 Å². The van der Waals surface area contributed by atoms with Gasteiger partial charge in [0.05, 0.1) is 13.2 Å². The molecule has 0 aromatic heterocycles. The summed E-state index contributed by atoms with van der Waals surface area (Å²) in [6, 6.07) is 0.550. The molecule has 4 saturated carbocycles. The summed E-state index contributed by atoms with van der Waals surface area (Å²) in [6.45, 7) is 13.6. The first-order valence-electron chi connectivity index (χ1n) is 17.8. The molecule has 4 rings (SSSR count). The van der Waals surface area contributed by atoms with E-state index in [9.17, 15) is 9.90 Å². The molecule has 0 bridgehead atoms. The fourth-order valence-corrected chi connectivity index (χ4v) is 10.6. The van der Waals surface area contributed by atoms with Crippen LogP contribution in [-0.4, -0.2) is 69.6 Å². The zero-order valence-corrected chi connectivity index (χ0v) is 27.6. The van der Waals surface area contributed by atoms with Crippen molar-refractivity contribution in [2.45, 2.75) is 123 Å². The fraction of sp³-hybridized carbons (Fsp3) is 0.971. The van der Waals surface area contributed by atoms with E-state index in [1.54, 1.807) is 0 Å². The van der Waals surface area contributed by atoms with Crippen LogP contribution in [0.4, 0.5) is 0 Å². The van der Waals surface area contributed by atoms with E-state index in [0.29, 0.717) is 41.5 Å². The third kappa shape index (κ3) is 7.91. The van der Waals surface area contributed by atoms with Crippen molar-refractivity contribution in [2.24, 2.45) is 52.1 Å². The monoisotopic (exact) mass is 591 g/mol. The summed E-state index contributed by atoms with van der Waals surface area (Å²) in [5.74, 6) is 3.75. The highest BCUT2D eigenvalue weighted by Gasteiger charge is 2.62. The Bertz CT molecular complexity index is 828. The van der Waals surface area contributed by atoms with Crippen LogP contribution in [0.3, 0.4) is 0 Å². The molecule has 6 N–H and O–H groups in total. The predicted molar refractivity (Wildman–Crippen MR) is 172 cm³/mol. The van der Waals surface area contributed by atoms with E-state index >= 15 is 0 Å². The molecule has 4 aliphatic rings. The second kappa shape index (κ2) is 16.0. The van der Waals surface area contributed by atoms with Crippen molar-refractivity contribution in [3.05, 3.63) is 0 Å². The average molecular weight is 591 g/mol. The van der Waals surface area contributed by atoms with Crippen LogP contribution < -0.4 is 21.7 Å². The lowest BCUT2D eigenvalue weighted by Crippen LogP contribution is -2.59. The van der Waals surface area contributed by atoms with Gasteiger partial charge < -0.3 is 31.5 Å². The average Bonchev–Trinajstić information content (AvgIpc) is 3.34. The number of esters is 1. The minimum Gasteiger partial charge on any atom is -0.469 e. The van der Waals surface area contributed by atoms with E-state index in [2.05, 4.69) is 36.7 Å². The number of ether oxygens (including phenoxy) is 1. The molecule has 7 nitrogen and oxygen atoms in total. The summed E-state index contributed by atoms with van der Waals surface area (Å²) in [4.78, 5) is 11.8. The Balaban J connectivity index is 1.20. The van der Waals surface area contributed by atoms with E-state index in [-0.39, 0.29) is 17.5 Å². The molecule has 10 atom stereocenters. The van der Waals surface area contributed by atoms with Gasteiger partial charge in [-0.15, -0.1) is 0 Å². The summed E-state index contributed by atoms with van der Waals surface area (Å²) >= 11 is 0. The van der Waals surface area contributed by atoms with Crippen molar-refractivity contribution in [3.8, 4) is 0 Å². The molecule has 244 valence electrons. The number of carbonyl (C=O) groups excluding carboxylic acids is 1. The van der Waals surface area contributed by atoms with Crippen LogP contribution in [0.1, 0.15) is 111 Å². The van der Waals surface area contributed by atoms with Crippen LogP contribution in [0, 0.1) is 46.3 Å². The lowest BCUT2D eigenvalue weighted by Gasteiger charge is -2.62. The minimum absolute atomic E-state index is 0.0739. The molecule has 0 aliphatic heterocycles. The molecule has 4 fully saturated rings. The largest absolute Gasteiger partial charge is 0.469 e. The summed E-state index contributed by atoms with van der Waals surface area (Å²) in [7, 11) is 1.50. The number of rotatable bonds is 17. The van der Waals surface area contributed by atoms with Crippen molar-refractivity contribution in [2.75, 3.05) is 46.4 Å². The van der Waals surface area contributed by atoms with Gasteiger partial charge in [0.25, 0.3) is 0 Å². The van der Waals surface area contributed by atoms with Gasteiger partial charge in [0.15, 0.2) is 0 Å². The summed E-state index contributed by atoms with van der Waals surface area (Å²) in [5.41, 5.74) is 6.16. The maximum atomic E-state index is 11.8. The second-order valence-corrected chi connectivity index (χ2v) is 15.2. The highest BCUT2D eigenvalue weighted by Crippen LogP contribution is 2.68. The third-order valence-electron chi connectivity index (χ3n) is 12.9. The number of aliphatic hydroxyl groups excluding tert-OH is 1. The highest BCUT2D eigenvalue weighted by atomic mass is 16.5. The van der Waals surface area contributed by atoms with Gasteiger partial charge in [0, 0.05) is 12.5 Å². The lowest BCUT2D eigenvalue weighted by molar-refractivity contribution is -0.162. The Hall–Kier alpha value is -0.730. The molecular formula is C35H66N4O3. The van der Waals surface area contributed by atoms with Crippen molar-refractivity contribution in [3.63, 3.8) is 0 Å². The molecule has 0 spiro atoms. The topological polar surface area (TPSA) is 109 Å². The van der Waals surface area contributed by atoms with Gasteiger partial charge in [-0.1, -0.05) is 20.8 Å². The smallest absolute Gasteiger partial charge is 0.305 e. The van der Waals surface area contributed by atoms with Crippen LogP contribution in [-0.2, 0) is 9.53 Å². The fourth-order valence-electron chi connectivity index (χ4n) is 10.6. The van der Waals surface area contributed by atoms with E-state index in [4.69, 9.17) is 10.5 Å². The standard InChI is InChI=1S/C35H66N4O3/c1-25(9-12-33(41)42-4)28-10-11-29-27-24-32(40)31-23-26(13-15-35(31,3)30(27)14-16-34(28,29)2)39-22-8-21-38-19-6-5-18-37-20-7-17-36/h25-32,37-40H,5-24,36H2,1-4H3/t25?,26?,27?,28?,29?,30?,31-,32?,34+,35?/m1/s1. The second-order valence-electron chi connectivity index (χ2n) is 15.2. The van der Waals surface area contributed by atoms with Crippen LogP contribution in [0.2, 0.25) is 0 Å². The molecule has 0 aromatic rings. The molecule has 8 unspecified atom stereocenters. The summed E-state index contributed by atoms with van der Waals surface area (Å²) in [6.07, 6.45) is 15.9. The number of nitrogens with one attached hydrogen (secondary N) is 3. The number of hydrogen-bond acceptors (Lipinski definition) is 7. The predicted octanol–water partition coefficient (Wildman–Crippen LogP) is 4.86. The van der Waals surface area contributed by atoms with E-state index < -0.39 is 0 Å². The van der Waals surface area contributed by atoms with Crippen LogP contribution in [0.15, 0.2) is 0 Å². The molecule has 42 heavy (non-hydrogen) atoms. The molecule has 4 aliphatic carbocycles. The number of aliphatic hydroxyl groups is 1. The van der Waals surface area contributed by atoms with Crippen molar-refractivity contribution in [1.82, 2.24) is 16.0 Å². The Labute approximate surface area is 257 Å². The van der Waals surface area contributed by atoms with E-state index in [0.717, 1.165) is 76.8 Å². The zero-order valence-electron chi connectivity index (χ0n) is 27.6. The molecule has 0 aromatic carbocycles. The number of carbonyl (C=O) groups is 1. The Morgan fingerprint density at radius 1 is 0.881 bits per heavy atom. The first-order valence-corrected chi connectivity index (χ1v) is 17.8. The van der Waals surface area contributed by atoms with E-state index in [1.807, 2.05) is 0 Å². The molecule has 0 amide bonds. The maximum Gasteiger partial charge on any atom is 0.305 e. The van der Waals surface area contributed by atoms with Crippen molar-refractivity contribution < 1.29 is 14.6 Å². The SMILES string of the molecule is COC(=O)CCC(C)C1CCC2C3CC(O)[C@H]4CC(NCCCNCCCCNCCCN)CCC4(C)C3CC[C@@]12C. The zero-order chi connectivity index (χ0) is 30.2. The van der Waals surface area contributed by atoms with Crippen LogP contribution in [0.5, 0.6) is 0 Å². The summed E-state index contributed by atoms with van der Waals surface area (Å²) in [5, 5.41) is 22.6. The normalized spacial score (nSPS) is 38.4. The Morgan fingerprint density at radius 2 is 1.55 bits per heavy atom. The Kier molecular flexibility index (Phi) is 13.0. The maximum absolute atomic E-state index is 11.8. The molecule has 0 saturated heterocycles. The van der Waals surface area contributed by atoms with Crippen LogP contribution >= 0.6 is 0 Å². The van der Waals surface area contributed by atoms with Gasteiger partial charge in [-0.05, 0) is 169 Å². The molecule has 0 radical (unpaired) electrons. The molecule has 7 heteroatoms. The van der Waals surface area contributed by atoms with Gasteiger partial charge in [0.2, 0.25) is 0 Å². The first kappa shape index (κ1) is 34.1. The van der Waals surface area contributed by atoms with E-state index in [1.165, 1.54) is 64.9 Å². The highest BCUT2D eigenvalue weighted by molar-refractivity contribution is 5.69. The number of unbranched alkanes of at least 4 members (excludes halogenated alkanes) is 1. The number of methoxy groups -OCH3 is 1. The number of nitrogens with two attached hydrogens (primary N) is 1. The first-order chi connectivity index (χ1) is 20.2. The number of fused-ring (bicyclic) bond motifs is 5. The minimum atomic E-state index is -0.162. The van der Waals surface area contributed by atoms with Gasteiger partial charge >= 0.3 is 5.97 Å². The van der Waals surface area contributed by atoms with Crippen molar-refractivity contribution in [1.29, 1.82) is 0 Å².